The summed E-state index contributed by atoms with van der Waals surface area (Å²) >= 11 is 0. The number of hydrogen-bond donors (Lipinski definition) is 1. The minimum Gasteiger partial charge on any atom is -0.339 e. The Morgan fingerprint density at radius 1 is 1.24 bits per heavy atom. The summed E-state index contributed by atoms with van der Waals surface area (Å²) in [5, 5.41) is 4.15. The van der Waals surface area contributed by atoms with E-state index in [9.17, 15) is 0 Å². The van der Waals surface area contributed by atoms with Gasteiger partial charge in [0.25, 0.3) is 0 Å². The third-order valence-corrected chi connectivity index (χ3v) is 4.48. The predicted octanol–water partition coefficient (Wildman–Crippen LogP) is 3.16. The summed E-state index contributed by atoms with van der Waals surface area (Å²) in [7, 11) is 0. The normalized spacial score (nSPS) is 16.7. The molecule has 0 unspecified atom stereocenters. The summed E-state index contributed by atoms with van der Waals surface area (Å²) in [5.41, 5.74) is 8.39. The zero-order chi connectivity index (χ0) is 14.0. The van der Waals surface area contributed by atoms with Crippen LogP contribution in [0.2, 0.25) is 0 Å². The van der Waals surface area contributed by atoms with Crippen molar-refractivity contribution in [3.63, 3.8) is 0 Å². The second kappa shape index (κ2) is 6.58. The van der Waals surface area contributed by atoms with Gasteiger partial charge in [-0.1, -0.05) is 42.3 Å². The van der Waals surface area contributed by atoms with Gasteiger partial charge in [0.2, 0.25) is 5.89 Å². The molecule has 21 heavy (non-hydrogen) atoms. The maximum absolute atomic E-state index is 5.96. The van der Waals surface area contributed by atoms with E-state index in [1.807, 2.05) is 12.1 Å². The molecular weight excluding hydrogens is 286 g/mol. The molecule has 1 fully saturated rings. The summed E-state index contributed by atoms with van der Waals surface area (Å²) in [4.78, 5) is 4.61. The predicted molar refractivity (Wildman–Crippen MR) is 84.7 cm³/mol. The van der Waals surface area contributed by atoms with Gasteiger partial charge in [-0.2, -0.15) is 4.98 Å². The molecule has 0 aliphatic heterocycles. The Bertz CT molecular complexity index is 591. The van der Waals surface area contributed by atoms with Crippen molar-refractivity contribution in [2.75, 3.05) is 6.54 Å². The van der Waals surface area contributed by atoms with Crippen LogP contribution in [0.3, 0.4) is 0 Å². The van der Waals surface area contributed by atoms with Gasteiger partial charge < -0.3 is 10.3 Å². The molecule has 0 atom stereocenters. The maximum Gasteiger partial charge on any atom is 0.234 e. The van der Waals surface area contributed by atoms with Gasteiger partial charge in [-0.3, -0.25) is 0 Å². The number of hydrogen-bond acceptors (Lipinski definition) is 4. The fourth-order valence-electron chi connectivity index (χ4n) is 3.08. The van der Waals surface area contributed by atoms with E-state index in [0.717, 1.165) is 31.0 Å². The molecule has 1 aliphatic carbocycles. The maximum atomic E-state index is 5.96. The quantitative estimate of drug-likeness (QED) is 0.942. The van der Waals surface area contributed by atoms with Crippen LogP contribution in [0.15, 0.2) is 28.8 Å². The molecule has 1 aromatic heterocycles. The summed E-state index contributed by atoms with van der Waals surface area (Å²) < 4.78 is 5.51. The Labute approximate surface area is 131 Å². The van der Waals surface area contributed by atoms with E-state index >= 15 is 0 Å². The summed E-state index contributed by atoms with van der Waals surface area (Å²) in [6, 6.07) is 8.30. The van der Waals surface area contributed by atoms with Gasteiger partial charge >= 0.3 is 0 Å². The van der Waals surface area contributed by atoms with Gasteiger partial charge in [0.05, 0.1) is 5.41 Å². The van der Waals surface area contributed by atoms with E-state index in [1.165, 1.54) is 24.0 Å². The number of rotatable bonds is 4. The van der Waals surface area contributed by atoms with Crippen molar-refractivity contribution in [1.82, 2.24) is 10.1 Å². The van der Waals surface area contributed by atoms with Gasteiger partial charge in [0.1, 0.15) is 0 Å². The Balaban J connectivity index is 0.00000161. The van der Waals surface area contributed by atoms with Crippen LogP contribution in [0.1, 0.15) is 48.5 Å². The van der Waals surface area contributed by atoms with E-state index in [1.54, 1.807) is 0 Å². The fraction of sp³-hybridized carbons (Fsp3) is 0.500. The standard InChI is InChI=1S/C16H21N3O.ClH/c1-12-6-2-3-7-13(12)10-14-18-15(20-19-14)16(11-17)8-4-5-9-16;/h2-3,6-7H,4-5,8-11,17H2,1H3;1H. The van der Waals surface area contributed by atoms with Crippen LogP contribution in [-0.4, -0.2) is 16.7 Å². The van der Waals surface area contributed by atoms with Crippen LogP contribution in [0, 0.1) is 6.92 Å². The molecule has 114 valence electrons. The molecule has 2 aromatic rings. The van der Waals surface area contributed by atoms with Crippen LogP contribution in [0.25, 0.3) is 0 Å². The third-order valence-electron chi connectivity index (χ3n) is 4.48. The lowest BCUT2D eigenvalue weighted by Crippen LogP contribution is -2.32. The lowest BCUT2D eigenvalue weighted by Gasteiger charge is -2.21. The lowest BCUT2D eigenvalue weighted by molar-refractivity contribution is 0.283. The largest absolute Gasteiger partial charge is 0.339 e. The number of aromatic nitrogens is 2. The van der Waals surface area contributed by atoms with Crippen LogP contribution < -0.4 is 5.73 Å². The van der Waals surface area contributed by atoms with Crippen LogP contribution in [-0.2, 0) is 11.8 Å². The minimum absolute atomic E-state index is 0. The van der Waals surface area contributed by atoms with Crippen molar-refractivity contribution in [3.05, 3.63) is 47.1 Å². The van der Waals surface area contributed by atoms with Crippen molar-refractivity contribution < 1.29 is 4.52 Å². The van der Waals surface area contributed by atoms with Crippen LogP contribution in [0.4, 0.5) is 0 Å². The molecule has 1 heterocycles. The Morgan fingerprint density at radius 2 is 1.95 bits per heavy atom. The zero-order valence-corrected chi connectivity index (χ0v) is 13.2. The summed E-state index contributed by atoms with van der Waals surface area (Å²) in [6.07, 6.45) is 5.25. The number of nitrogens with two attached hydrogens (primary N) is 1. The van der Waals surface area contributed by atoms with Crippen molar-refractivity contribution in [2.24, 2.45) is 5.73 Å². The lowest BCUT2D eigenvalue weighted by atomic mass is 9.86. The molecule has 1 aliphatic rings. The molecule has 2 N–H and O–H groups in total. The highest BCUT2D eigenvalue weighted by atomic mass is 35.5. The second-order valence-corrected chi connectivity index (χ2v) is 5.81. The van der Waals surface area contributed by atoms with Gasteiger partial charge in [-0.25, -0.2) is 0 Å². The average molecular weight is 308 g/mol. The first-order valence-corrected chi connectivity index (χ1v) is 7.31. The Kier molecular flexibility index (Phi) is 5.01. The monoisotopic (exact) mass is 307 g/mol. The van der Waals surface area contributed by atoms with E-state index in [2.05, 4.69) is 29.2 Å². The summed E-state index contributed by atoms with van der Waals surface area (Å²) in [6.45, 7) is 2.70. The first-order valence-electron chi connectivity index (χ1n) is 7.31. The Morgan fingerprint density at radius 3 is 2.62 bits per heavy atom. The average Bonchev–Trinajstić information content (AvgIpc) is 3.11. The molecule has 0 saturated heterocycles. The van der Waals surface area contributed by atoms with Crippen molar-refractivity contribution in [2.45, 2.75) is 44.4 Å². The molecule has 5 heteroatoms. The topological polar surface area (TPSA) is 64.9 Å². The number of nitrogens with zero attached hydrogens (tertiary/aromatic N) is 2. The molecule has 1 saturated carbocycles. The van der Waals surface area contributed by atoms with Crippen LogP contribution in [0.5, 0.6) is 0 Å². The van der Waals surface area contributed by atoms with E-state index in [0.29, 0.717) is 6.54 Å². The highest BCUT2D eigenvalue weighted by molar-refractivity contribution is 5.85. The van der Waals surface area contributed by atoms with E-state index in [-0.39, 0.29) is 17.8 Å². The van der Waals surface area contributed by atoms with Gasteiger partial charge in [-0.05, 0) is 30.9 Å². The smallest absolute Gasteiger partial charge is 0.234 e. The number of aryl methyl sites for hydroxylation is 1. The molecule has 1 aromatic carbocycles. The SMILES string of the molecule is Cc1ccccc1Cc1noc(C2(CN)CCCC2)n1.Cl. The highest BCUT2D eigenvalue weighted by Crippen LogP contribution is 2.39. The van der Waals surface area contributed by atoms with Crippen molar-refractivity contribution in [3.8, 4) is 0 Å². The third kappa shape index (κ3) is 3.11. The first-order chi connectivity index (χ1) is 9.73. The van der Waals surface area contributed by atoms with Crippen molar-refractivity contribution >= 4 is 12.4 Å². The highest BCUT2D eigenvalue weighted by Gasteiger charge is 2.39. The van der Waals surface area contributed by atoms with E-state index in [4.69, 9.17) is 10.3 Å². The molecule has 4 nitrogen and oxygen atoms in total. The molecule has 3 rings (SSSR count). The van der Waals surface area contributed by atoms with E-state index < -0.39 is 0 Å². The van der Waals surface area contributed by atoms with Crippen molar-refractivity contribution in [1.29, 1.82) is 0 Å². The fourth-order valence-corrected chi connectivity index (χ4v) is 3.08. The molecular formula is C16H22ClN3O. The number of benzene rings is 1. The van der Waals surface area contributed by atoms with Gasteiger partial charge in [-0.15, -0.1) is 12.4 Å². The molecule has 0 bridgehead atoms. The van der Waals surface area contributed by atoms with Crippen LogP contribution >= 0.6 is 12.4 Å². The number of halogens is 1. The molecule has 0 spiro atoms. The molecule has 0 radical (unpaired) electrons. The summed E-state index contributed by atoms with van der Waals surface area (Å²) in [5.74, 6) is 1.50. The van der Waals surface area contributed by atoms with Gasteiger partial charge in [0.15, 0.2) is 5.82 Å². The zero-order valence-electron chi connectivity index (χ0n) is 12.3. The second-order valence-electron chi connectivity index (χ2n) is 5.81. The molecule has 0 amide bonds. The minimum atomic E-state index is -0.0724. The van der Waals surface area contributed by atoms with Gasteiger partial charge in [0, 0.05) is 13.0 Å². The Hall–Kier alpha value is -1.39. The first kappa shape index (κ1) is 16.0.